The van der Waals surface area contributed by atoms with Crippen molar-refractivity contribution in [1.29, 1.82) is 0 Å². The van der Waals surface area contributed by atoms with Gasteiger partial charge in [-0.1, -0.05) is 6.92 Å². The normalized spacial score (nSPS) is 25.2. The monoisotopic (exact) mass is 420 g/mol. The number of halogens is 3. The smallest absolute Gasteiger partial charge is 0.369 e. The molecule has 0 radical (unpaired) electrons. The Labute approximate surface area is 174 Å². The molecule has 0 aliphatic carbocycles. The Balaban J connectivity index is 1.49. The number of anilines is 1. The number of hydrogen-bond donors (Lipinski definition) is 1. The molecule has 3 heterocycles. The summed E-state index contributed by atoms with van der Waals surface area (Å²) in [5.74, 6) is 0.662. The molecule has 0 spiro atoms. The zero-order valence-electron chi connectivity index (χ0n) is 17.2. The van der Waals surface area contributed by atoms with Gasteiger partial charge in [-0.2, -0.15) is 13.2 Å². The van der Waals surface area contributed by atoms with Gasteiger partial charge < -0.3 is 15.1 Å². The van der Waals surface area contributed by atoms with E-state index in [2.05, 4.69) is 34.1 Å². The first-order chi connectivity index (χ1) is 14.2. The second-order valence-corrected chi connectivity index (χ2v) is 8.71. The molecule has 1 aromatic heterocycles. The molecule has 2 aliphatic rings. The number of carbonyl (C=O) groups is 1. The van der Waals surface area contributed by atoms with Gasteiger partial charge in [0.2, 0.25) is 5.91 Å². The van der Waals surface area contributed by atoms with E-state index in [-0.39, 0.29) is 23.4 Å². The molecule has 0 bridgehead atoms. The van der Waals surface area contributed by atoms with Gasteiger partial charge in [0.25, 0.3) is 0 Å². The average Bonchev–Trinajstić information content (AvgIpc) is 3.25. The number of nitrogens with one attached hydrogen (secondary N) is 1. The summed E-state index contributed by atoms with van der Waals surface area (Å²) in [6.45, 7) is 5.29. The zero-order valence-corrected chi connectivity index (χ0v) is 17.2. The number of fused-ring (bicyclic) bond motifs is 1. The zero-order chi connectivity index (χ0) is 21.5. The summed E-state index contributed by atoms with van der Waals surface area (Å²) in [6.07, 6.45) is -1.49. The molecule has 0 saturated carbocycles. The summed E-state index contributed by atoms with van der Waals surface area (Å²) in [6, 6.07) is 5.95. The first-order valence-corrected chi connectivity index (χ1v) is 10.4. The minimum atomic E-state index is -4.45. The lowest BCUT2D eigenvalue weighted by atomic mass is 10.0. The van der Waals surface area contributed by atoms with Gasteiger partial charge in [-0.25, -0.2) is 0 Å². The van der Waals surface area contributed by atoms with Crippen LogP contribution in [0.5, 0.6) is 0 Å². The van der Waals surface area contributed by atoms with Gasteiger partial charge >= 0.3 is 6.18 Å². The molecule has 2 aliphatic heterocycles. The van der Waals surface area contributed by atoms with Gasteiger partial charge in [0.15, 0.2) is 0 Å². The van der Waals surface area contributed by atoms with Gasteiger partial charge in [-0.05, 0) is 56.1 Å². The SMILES string of the molecule is C[C@@H]1CN(c2ccc(C(F)(F)F)c3ncccc23)CC1NC(=O)CC1CCN(C)C1. The molecule has 2 saturated heterocycles. The van der Waals surface area contributed by atoms with Crippen molar-refractivity contribution in [2.24, 2.45) is 11.8 Å². The highest BCUT2D eigenvalue weighted by Crippen LogP contribution is 2.38. The molecule has 8 heteroatoms. The van der Waals surface area contributed by atoms with Crippen molar-refractivity contribution < 1.29 is 18.0 Å². The van der Waals surface area contributed by atoms with Crippen molar-refractivity contribution >= 4 is 22.5 Å². The van der Waals surface area contributed by atoms with Crippen LogP contribution >= 0.6 is 0 Å². The van der Waals surface area contributed by atoms with Crippen LogP contribution in [0.15, 0.2) is 30.5 Å². The number of pyridine rings is 1. The van der Waals surface area contributed by atoms with Crippen LogP contribution in [-0.2, 0) is 11.0 Å². The maximum absolute atomic E-state index is 13.4. The number of amides is 1. The lowest BCUT2D eigenvalue weighted by Crippen LogP contribution is -2.40. The highest BCUT2D eigenvalue weighted by molar-refractivity contribution is 5.94. The van der Waals surface area contributed by atoms with E-state index in [0.29, 0.717) is 30.8 Å². The van der Waals surface area contributed by atoms with E-state index in [0.717, 1.165) is 31.3 Å². The van der Waals surface area contributed by atoms with Gasteiger partial charge in [-0.3, -0.25) is 9.78 Å². The van der Waals surface area contributed by atoms with Crippen LogP contribution in [0.1, 0.15) is 25.3 Å². The number of aromatic nitrogens is 1. The van der Waals surface area contributed by atoms with Crippen molar-refractivity contribution in [3.05, 3.63) is 36.0 Å². The molecule has 3 atom stereocenters. The van der Waals surface area contributed by atoms with Gasteiger partial charge in [-0.15, -0.1) is 0 Å². The van der Waals surface area contributed by atoms with E-state index in [1.807, 2.05) is 0 Å². The topological polar surface area (TPSA) is 48.5 Å². The molecule has 1 N–H and O–H groups in total. The molecule has 5 nitrogen and oxygen atoms in total. The Morgan fingerprint density at radius 2 is 2.03 bits per heavy atom. The summed E-state index contributed by atoms with van der Waals surface area (Å²) in [4.78, 5) is 20.8. The van der Waals surface area contributed by atoms with Crippen LogP contribution in [0.4, 0.5) is 18.9 Å². The predicted molar refractivity (Wildman–Crippen MR) is 110 cm³/mol. The van der Waals surface area contributed by atoms with Crippen molar-refractivity contribution in [3.63, 3.8) is 0 Å². The first-order valence-electron chi connectivity index (χ1n) is 10.4. The van der Waals surface area contributed by atoms with Crippen LogP contribution in [0.25, 0.3) is 10.9 Å². The van der Waals surface area contributed by atoms with Crippen LogP contribution in [-0.4, -0.2) is 55.1 Å². The lowest BCUT2D eigenvalue weighted by molar-refractivity contribution is -0.136. The van der Waals surface area contributed by atoms with Crippen LogP contribution in [0, 0.1) is 11.8 Å². The average molecular weight is 420 g/mol. The molecule has 30 heavy (non-hydrogen) atoms. The predicted octanol–water partition coefficient (Wildman–Crippen LogP) is 3.54. The Hall–Kier alpha value is -2.35. The van der Waals surface area contributed by atoms with E-state index in [1.54, 1.807) is 12.1 Å². The van der Waals surface area contributed by atoms with Gasteiger partial charge in [0.1, 0.15) is 0 Å². The molecule has 2 aromatic rings. The summed E-state index contributed by atoms with van der Waals surface area (Å²) in [5.41, 5.74) is -0.0272. The molecule has 1 amide bonds. The van der Waals surface area contributed by atoms with Gasteiger partial charge in [0, 0.05) is 43.3 Å². The minimum Gasteiger partial charge on any atom is -0.369 e. The maximum atomic E-state index is 13.4. The standard InChI is InChI=1S/C22H27F3N4O/c1-14-11-29(13-18(14)27-20(30)10-15-7-9-28(2)12-15)19-6-5-17(22(23,24)25)21-16(19)4-3-8-26-21/h3-6,8,14-15,18H,7,9-13H2,1-2H3,(H,27,30)/t14-,15?,18?/m1/s1. The number of rotatable bonds is 4. The quantitative estimate of drug-likeness (QED) is 0.822. The summed E-state index contributed by atoms with van der Waals surface area (Å²) in [5, 5.41) is 3.65. The Morgan fingerprint density at radius 1 is 1.23 bits per heavy atom. The summed E-state index contributed by atoms with van der Waals surface area (Å²) >= 11 is 0. The number of carbonyl (C=O) groups excluding carboxylic acids is 1. The number of alkyl halides is 3. The second kappa shape index (κ2) is 8.06. The first kappa shape index (κ1) is 20.9. The third-order valence-corrected chi connectivity index (χ3v) is 6.31. The summed E-state index contributed by atoms with van der Waals surface area (Å²) < 4.78 is 40.1. The number of nitrogens with zero attached hydrogens (tertiary/aromatic N) is 3. The Kier molecular flexibility index (Phi) is 5.61. The molecule has 2 unspecified atom stereocenters. The molecular weight excluding hydrogens is 393 g/mol. The van der Waals surface area contributed by atoms with E-state index in [1.165, 1.54) is 12.3 Å². The number of benzene rings is 1. The Bertz CT molecular complexity index is 932. The number of likely N-dealkylation sites (tertiary alicyclic amines) is 1. The van der Waals surface area contributed by atoms with E-state index < -0.39 is 11.7 Å². The Morgan fingerprint density at radius 3 is 2.73 bits per heavy atom. The largest absolute Gasteiger partial charge is 0.418 e. The van der Waals surface area contributed by atoms with E-state index >= 15 is 0 Å². The van der Waals surface area contributed by atoms with Crippen molar-refractivity contribution in [2.45, 2.75) is 32.0 Å². The second-order valence-electron chi connectivity index (χ2n) is 8.71. The molecule has 162 valence electrons. The fourth-order valence-corrected chi connectivity index (χ4v) is 4.73. The van der Waals surface area contributed by atoms with Crippen LogP contribution in [0.3, 0.4) is 0 Å². The molecule has 4 rings (SSSR count). The molecule has 1 aromatic carbocycles. The molecule has 2 fully saturated rings. The lowest BCUT2D eigenvalue weighted by Gasteiger charge is -2.22. The van der Waals surface area contributed by atoms with E-state index in [9.17, 15) is 18.0 Å². The minimum absolute atomic E-state index is 0.0225. The maximum Gasteiger partial charge on any atom is 0.418 e. The third kappa shape index (κ3) is 4.24. The number of hydrogen-bond acceptors (Lipinski definition) is 4. The fraction of sp³-hybridized carbons (Fsp3) is 0.545. The van der Waals surface area contributed by atoms with E-state index in [4.69, 9.17) is 0 Å². The third-order valence-electron chi connectivity index (χ3n) is 6.31. The van der Waals surface area contributed by atoms with Crippen molar-refractivity contribution in [3.8, 4) is 0 Å². The highest BCUT2D eigenvalue weighted by Gasteiger charge is 2.36. The van der Waals surface area contributed by atoms with Crippen molar-refractivity contribution in [1.82, 2.24) is 15.2 Å². The highest BCUT2D eigenvalue weighted by atomic mass is 19.4. The fourth-order valence-electron chi connectivity index (χ4n) is 4.73. The van der Waals surface area contributed by atoms with Crippen molar-refractivity contribution in [2.75, 3.05) is 38.1 Å². The van der Waals surface area contributed by atoms with Crippen LogP contribution < -0.4 is 10.2 Å². The van der Waals surface area contributed by atoms with Crippen LogP contribution in [0.2, 0.25) is 0 Å². The van der Waals surface area contributed by atoms with Gasteiger partial charge in [0.05, 0.1) is 17.1 Å². The molecular formula is C22H27F3N4O. The summed E-state index contributed by atoms with van der Waals surface area (Å²) in [7, 11) is 2.07.